The van der Waals surface area contributed by atoms with Gasteiger partial charge in [0.25, 0.3) is 11.8 Å². The van der Waals surface area contributed by atoms with Crippen molar-refractivity contribution in [3.63, 3.8) is 0 Å². The molecule has 1 heterocycles. The maximum absolute atomic E-state index is 14.9. The van der Waals surface area contributed by atoms with Crippen LogP contribution in [-0.2, 0) is 25.6 Å². The Hall–Kier alpha value is -5.41. The Labute approximate surface area is 284 Å². The van der Waals surface area contributed by atoms with E-state index in [9.17, 15) is 45.9 Å². The van der Waals surface area contributed by atoms with E-state index in [1.807, 2.05) is 13.0 Å². The molecule has 2 aromatic carbocycles. The summed E-state index contributed by atoms with van der Waals surface area (Å²) in [7, 11) is 1.38. The van der Waals surface area contributed by atoms with Gasteiger partial charge in [0.15, 0.2) is 0 Å². The van der Waals surface area contributed by atoms with E-state index in [1.54, 1.807) is 30.3 Å². The van der Waals surface area contributed by atoms with Gasteiger partial charge in [-0.2, -0.15) is 22.0 Å². The lowest BCUT2D eigenvalue weighted by molar-refractivity contribution is -0.165. The Morgan fingerprint density at radius 3 is 2.08 bits per heavy atom. The van der Waals surface area contributed by atoms with Crippen LogP contribution in [0.15, 0.2) is 72.9 Å². The highest BCUT2D eigenvalue weighted by Crippen LogP contribution is 2.24. The summed E-state index contributed by atoms with van der Waals surface area (Å²) in [6, 6.07) is 12.3. The molecule has 0 saturated carbocycles. The molecule has 4 amide bonds. The molecule has 1 aromatic heterocycles. The molecule has 0 bridgehead atoms. The van der Waals surface area contributed by atoms with Crippen LogP contribution in [0.5, 0.6) is 5.75 Å². The number of pyridine rings is 1. The number of carbonyl (C=O) groups is 5. The van der Waals surface area contributed by atoms with Gasteiger partial charge >= 0.3 is 12.1 Å². The number of hydrogen-bond donors (Lipinski definition) is 4. The summed E-state index contributed by atoms with van der Waals surface area (Å²) >= 11 is 0. The number of aromatic nitrogens is 1. The second kappa shape index (κ2) is 16.8. The van der Waals surface area contributed by atoms with Gasteiger partial charge in [0, 0.05) is 12.6 Å². The molecule has 0 spiro atoms. The van der Waals surface area contributed by atoms with Crippen LogP contribution in [0.1, 0.15) is 47.1 Å². The molecule has 268 valence electrons. The van der Waals surface area contributed by atoms with Crippen molar-refractivity contribution in [3.8, 4) is 5.75 Å². The fraction of sp³-hybridized carbons (Fsp3) is 0.353. The minimum atomic E-state index is -5.03. The van der Waals surface area contributed by atoms with Crippen LogP contribution in [0.4, 0.5) is 22.0 Å². The lowest BCUT2D eigenvalue weighted by Gasteiger charge is -2.28. The Morgan fingerprint density at radius 1 is 0.840 bits per heavy atom. The number of ether oxygens (including phenoxy) is 1. The van der Waals surface area contributed by atoms with Crippen molar-refractivity contribution in [1.82, 2.24) is 26.3 Å². The number of alkyl halides is 5. The van der Waals surface area contributed by atoms with Gasteiger partial charge in [0.1, 0.15) is 30.1 Å². The maximum atomic E-state index is 14.9. The first kappa shape index (κ1) is 39.0. The van der Waals surface area contributed by atoms with Gasteiger partial charge < -0.3 is 26.0 Å². The second-order valence-electron chi connectivity index (χ2n) is 11.6. The lowest BCUT2D eigenvalue weighted by atomic mass is 9.94. The SMILES string of the molecule is COc1ccc([C@H](NC(=O)[C@H](Cc2cccc(C)c2)NC(=O)c2ccccn2)C(=O)N[C@H](C(=O)C(F)(F)C(=O)NCC(F)(F)F)C(C)C)cc1. The molecular weight excluding hydrogens is 669 g/mol. The van der Waals surface area contributed by atoms with E-state index in [0.717, 1.165) is 10.9 Å². The number of rotatable bonds is 15. The van der Waals surface area contributed by atoms with E-state index in [2.05, 4.69) is 20.9 Å². The monoisotopic (exact) mass is 705 g/mol. The summed E-state index contributed by atoms with van der Waals surface area (Å²) in [5, 5.41) is 8.23. The van der Waals surface area contributed by atoms with Gasteiger partial charge in [-0.25, -0.2) is 0 Å². The summed E-state index contributed by atoms with van der Waals surface area (Å²) in [5.41, 5.74) is 1.61. The highest BCUT2D eigenvalue weighted by atomic mass is 19.4. The van der Waals surface area contributed by atoms with Gasteiger partial charge in [-0.3, -0.25) is 29.0 Å². The Balaban J connectivity index is 1.95. The first-order chi connectivity index (χ1) is 23.4. The number of methoxy groups -OCH3 is 1. The number of nitrogens with zero attached hydrogens (tertiary/aromatic N) is 1. The number of ketones is 1. The summed E-state index contributed by atoms with van der Waals surface area (Å²) in [6.07, 6.45) is -3.70. The number of nitrogens with one attached hydrogen (secondary N) is 4. The van der Waals surface area contributed by atoms with E-state index in [0.29, 0.717) is 11.3 Å². The molecule has 0 radical (unpaired) electrons. The van der Waals surface area contributed by atoms with Crippen molar-refractivity contribution in [1.29, 1.82) is 0 Å². The molecule has 50 heavy (non-hydrogen) atoms. The quantitative estimate of drug-likeness (QED) is 0.139. The Kier molecular flexibility index (Phi) is 13.1. The molecule has 3 rings (SSSR count). The molecule has 0 aliphatic heterocycles. The highest BCUT2D eigenvalue weighted by Gasteiger charge is 2.52. The smallest absolute Gasteiger partial charge is 0.405 e. The summed E-state index contributed by atoms with van der Waals surface area (Å²) in [5.74, 6) is -13.1. The van der Waals surface area contributed by atoms with Gasteiger partial charge in [0.2, 0.25) is 17.6 Å². The van der Waals surface area contributed by atoms with Gasteiger partial charge in [-0.15, -0.1) is 0 Å². The Morgan fingerprint density at radius 2 is 1.52 bits per heavy atom. The number of carbonyl (C=O) groups excluding carboxylic acids is 5. The Bertz CT molecular complexity index is 1670. The zero-order valence-electron chi connectivity index (χ0n) is 27.4. The predicted octanol–water partition coefficient (Wildman–Crippen LogP) is 3.62. The fourth-order valence-electron chi connectivity index (χ4n) is 4.72. The van der Waals surface area contributed by atoms with Crippen molar-refractivity contribution < 1.29 is 50.7 Å². The largest absolute Gasteiger partial charge is 0.497 e. The zero-order chi connectivity index (χ0) is 37.2. The summed E-state index contributed by atoms with van der Waals surface area (Å²) in [6.45, 7) is 2.24. The fourth-order valence-corrected chi connectivity index (χ4v) is 4.72. The van der Waals surface area contributed by atoms with Crippen LogP contribution in [-0.4, -0.2) is 72.2 Å². The van der Waals surface area contributed by atoms with Crippen molar-refractivity contribution in [2.75, 3.05) is 13.7 Å². The molecule has 0 aliphatic carbocycles. The van der Waals surface area contributed by atoms with E-state index >= 15 is 0 Å². The molecule has 0 unspecified atom stereocenters. The third kappa shape index (κ3) is 10.8. The number of Topliss-reactive ketones (excluding diaryl/α,β-unsaturated/α-hetero) is 1. The van der Waals surface area contributed by atoms with Gasteiger partial charge in [-0.1, -0.05) is 61.9 Å². The minimum Gasteiger partial charge on any atom is -0.497 e. The number of aryl methyl sites for hydroxylation is 1. The minimum absolute atomic E-state index is 0.00234. The normalized spacial score (nSPS) is 13.4. The second-order valence-corrected chi connectivity index (χ2v) is 11.6. The van der Waals surface area contributed by atoms with Crippen LogP contribution in [0.2, 0.25) is 0 Å². The number of halogens is 5. The third-order valence-electron chi connectivity index (χ3n) is 7.33. The number of amides is 4. The molecule has 0 aliphatic rings. The van der Waals surface area contributed by atoms with Crippen LogP contribution >= 0.6 is 0 Å². The van der Waals surface area contributed by atoms with Crippen molar-refractivity contribution >= 4 is 29.4 Å². The van der Waals surface area contributed by atoms with Crippen LogP contribution in [0.25, 0.3) is 0 Å². The molecule has 0 fully saturated rings. The molecular formula is C34H36F5N5O6. The molecule has 3 atom stereocenters. The van der Waals surface area contributed by atoms with Crippen molar-refractivity contribution in [2.45, 2.75) is 57.4 Å². The molecule has 3 aromatic rings. The van der Waals surface area contributed by atoms with Gasteiger partial charge in [0.05, 0.1) is 13.2 Å². The first-order valence-corrected chi connectivity index (χ1v) is 15.2. The molecule has 4 N–H and O–H groups in total. The maximum Gasteiger partial charge on any atom is 0.405 e. The standard InChI is InChI=1S/C34H36F5N5O6/c1-19(2)26(28(45)34(38,39)32(49)41-18-33(35,36)37)43-31(48)27(22-11-13-23(50-4)14-12-22)44-30(47)25(17-21-9-7-8-20(3)16-21)42-29(46)24-10-5-6-15-40-24/h5-16,19,25-27H,17-18H2,1-4H3,(H,41,49)(H,42,46)(H,43,48)(H,44,47)/t25-,26-,27-/m0/s1. The predicted molar refractivity (Wildman–Crippen MR) is 170 cm³/mol. The van der Waals surface area contributed by atoms with Crippen LogP contribution < -0.4 is 26.0 Å². The summed E-state index contributed by atoms with van der Waals surface area (Å²) < 4.78 is 72.5. The lowest BCUT2D eigenvalue weighted by Crippen LogP contribution is -2.58. The average Bonchev–Trinajstić information content (AvgIpc) is 3.07. The van der Waals surface area contributed by atoms with E-state index in [1.165, 1.54) is 57.5 Å². The molecule has 0 saturated heterocycles. The average molecular weight is 706 g/mol. The summed E-state index contributed by atoms with van der Waals surface area (Å²) in [4.78, 5) is 69.6. The highest BCUT2D eigenvalue weighted by molar-refractivity contribution is 6.10. The van der Waals surface area contributed by atoms with E-state index in [4.69, 9.17) is 4.74 Å². The van der Waals surface area contributed by atoms with Crippen molar-refractivity contribution in [3.05, 3.63) is 95.3 Å². The first-order valence-electron chi connectivity index (χ1n) is 15.2. The topological polar surface area (TPSA) is 156 Å². The van der Waals surface area contributed by atoms with E-state index in [-0.39, 0.29) is 17.7 Å². The molecule has 11 nitrogen and oxygen atoms in total. The van der Waals surface area contributed by atoms with Crippen LogP contribution in [0.3, 0.4) is 0 Å². The van der Waals surface area contributed by atoms with Crippen LogP contribution in [0, 0.1) is 12.8 Å². The number of hydrogen-bond acceptors (Lipinski definition) is 7. The molecule has 16 heteroatoms. The zero-order valence-corrected chi connectivity index (χ0v) is 27.4. The third-order valence-corrected chi connectivity index (χ3v) is 7.33. The van der Waals surface area contributed by atoms with Gasteiger partial charge in [-0.05, 0) is 48.2 Å². The van der Waals surface area contributed by atoms with Crippen molar-refractivity contribution in [2.24, 2.45) is 5.92 Å². The number of benzene rings is 2. The van der Waals surface area contributed by atoms with E-state index < -0.39 is 72.1 Å².